The van der Waals surface area contributed by atoms with Crippen LogP contribution in [-0.4, -0.2) is 13.4 Å². The Labute approximate surface area is 511 Å². The van der Waals surface area contributed by atoms with Crippen molar-refractivity contribution in [2.75, 3.05) is 24.5 Å². The molecule has 412 valence electrons. The Hall–Kier alpha value is -11.6. The molecule has 5 heterocycles. The fraction of sp³-hybridized carbons (Fsp3) is 0. The van der Waals surface area contributed by atoms with Crippen LogP contribution < -0.4 is 71.5 Å². The molecule has 0 amide bonds. The predicted molar refractivity (Wildman–Crippen MR) is 362 cm³/mol. The van der Waals surface area contributed by atoms with Crippen LogP contribution in [0, 0.1) is 0 Å². The lowest BCUT2D eigenvalue weighted by Crippen LogP contribution is -2.63. The van der Waals surface area contributed by atoms with Crippen LogP contribution in [0.15, 0.2) is 309 Å². The quantitative estimate of drug-likeness (QED) is 0.133. The first-order valence-electron chi connectivity index (χ1n) is 30.0. The van der Waals surface area contributed by atoms with Crippen molar-refractivity contribution in [3.8, 4) is 34.5 Å². The van der Waals surface area contributed by atoms with E-state index in [1.807, 2.05) is 6.07 Å². The number of nitrogens with zero attached hydrogens (tertiary/aromatic N) is 5. The monoisotopic (exact) mass is 1130 g/mol. The Morgan fingerprint density at radius 3 is 1.10 bits per heavy atom. The van der Waals surface area contributed by atoms with Crippen LogP contribution in [-0.2, 0) is 0 Å². The molecule has 0 unspecified atom stereocenters. The Morgan fingerprint density at radius 2 is 0.614 bits per heavy atom. The normalized spacial score (nSPS) is 13.2. The standard InChI is InChI=1S/C78H51B2N5O3/c1-8-26-52(27-9-1)81(53-28-10-2-11-29-53)59-46-69-75-73(48-59)86-71-42-24-22-40-61(71)79(75)63-50-64-68(51-67(63)84(69)57-36-18-6-19-37-57)85(58-38-20-7-21-39-58)70-47-60(82(54-30-12-3-13-31-54)55-32-14-4-15-33-55)49-74-76(70)80(64)62-44-45-66-78(77(62)88-74)87-72-43-25-23-41-65(72)83(66)56-34-16-5-17-35-56/h1-51H. The smallest absolute Gasteiger partial charge is 0.256 e. The van der Waals surface area contributed by atoms with E-state index in [0.29, 0.717) is 11.5 Å². The zero-order valence-electron chi connectivity index (χ0n) is 47.6. The van der Waals surface area contributed by atoms with Gasteiger partial charge in [-0.1, -0.05) is 170 Å². The van der Waals surface area contributed by atoms with Crippen molar-refractivity contribution in [2.45, 2.75) is 0 Å². The van der Waals surface area contributed by atoms with Crippen molar-refractivity contribution >= 4 is 132 Å². The first kappa shape index (κ1) is 49.8. The molecule has 0 bridgehead atoms. The second-order valence-corrected chi connectivity index (χ2v) is 22.8. The third-order valence-corrected chi connectivity index (χ3v) is 17.8. The van der Waals surface area contributed by atoms with E-state index in [4.69, 9.17) is 14.2 Å². The van der Waals surface area contributed by atoms with Crippen LogP contribution in [0.5, 0.6) is 34.5 Å². The maximum absolute atomic E-state index is 7.69. The largest absolute Gasteiger partial charge is 0.458 e. The Kier molecular flexibility index (Phi) is 11.3. The summed E-state index contributed by atoms with van der Waals surface area (Å²) in [5.41, 5.74) is 21.8. The first-order valence-corrected chi connectivity index (χ1v) is 30.0. The summed E-state index contributed by atoms with van der Waals surface area (Å²) in [6.07, 6.45) is 0. The highest BCUT2D eigenvalue weighted by atomic mass is 16.5. The molecule has 0 atom stereocenters. The molecular weight excluding hydrogens is 1080 g/mol. The zero-order valence-corrected chi connectivity index (χ0v) is 47.6. The highest BCUT2D eigenvalue weighted by Gasteiger charge is 2.49. The summed E-state index contributed by atoms with van der Waals surface area (Å²) in [7, 11) is 0. The lowest BCUT2D eigenvalue weighted by atomic mass is 9.31. The molecule has 0 aromatic heterocycles. The van der Waals surface area contributed by atoms with Gasteiger partial charge in [0.15, 0.2) is 17.2 Å². The van der Waals surface area contributed by atoms with E-state index in [9.17, 15) is 0 Å². The van der Waals surface area contributed by atoms with Gasteiger partial charge in [-0.25, -0.2) is 0 Å². The van der Waals surface area contributed by atoms with Gasteiger partial charge in [-0.15, -0.1) is 0 Å². The number of anilines is 15. The van der Waals surface area contributed by atoms with Gasteiger partial charge in [0.05, 0.1) is 22.7 Å². The average molecular weight is 1130 g/mol. The van der Waals surface area contributed by atoms with Crippen LogP contribution in [0.1, 0.15) is 0 Å². The summed E-state index contributed by atoms with van der Waals surface area (Å²) >= 11 is 0. The predicted octanol–water partition coefficient (Wildman–Crippen LogP) is 17.0. The fourth-order valence-electron chi connectivity index (χ4n) is 14.2. The van der Waals surface area contributed by atoms with E-state index in [2.05, 4.69) is 328 Å². The third kappa shape index (κ3) is 7.75. The van der Waals surface area contributed by atoms with E-state index in [1.165, 1.54) is 5.46 Å². The van der Waals surface area contributed by atoms with Gasteiger partial charge in [-0.2, -0.15) is 0 Å². The topological polar surface area (TPSA) is 43.9 Å². The molecule has 0 saturated carbocycles. The summed E-state index contributed by atoms with van der Waals surface area (Å²) < 4.78 is 22.2. The van der Waals surface area contributed by atoms with Gasteiger partial charge in [-0.05, 0) is 160 Å². The minimum Gasteiger partial charge on any atom is -0.458 e. The molecule has 5 aliphatic heterocycles. The summed E-state index contributed by atoms with van der Waals surface area (Å²) in [4.78, 5) is 11.9. The molecule has 13 aromatic carbocycles. The Bertz CT molecular complexity index is 4800. The van der Waals surface area contributed by atoms with E-state index >= 15 is 0 Å². The highest BCUT2D eigenvalue weighted by Crippen LogP contribution is 2.56. The van der Waals surface area contributed by atoms with Gasteiger partial charge in [-0.3, -0.25) is 0 Å². The van der Waals surface area contributed by atoms with Crippen LogP contribution in [0.25, 0.3) is 0 Å². The van der Waals surface area contributed by atoms with Crippen molar-refractivity contribution in [1.82, 2.24) is 0 Å². The van der Waals surface area contributed by atoms with Crippen LogP contribution >= 0.6 is 0 Å². The van der Waals surface area contributed by atoms with Crippen LogP contribution in [0.3, 0.4) is 0 Å². The number of ether oxygens (including phenoxy) is 3. The van der Waals surface area contributed by atoms with Gasteiger partial charge >= 0.3 is 0 Å². The highest BCUT2D eigenvalue weighted by molar-refractivity contribution is 7.02. The Balaban J connectivity index is 0.938. The molecule has 0 radical (unpaired) electrons. The van der Waals surface area contributed by atoms with E-state index < -0.39 is 0 Å². The van der Waals surface area contributed by atoms with E-state index in [-0.39, 0.29) is 13.4 Å². The molecule has 13 aromatic rings. The number of rotatable bonds is 9. The number of hydrogen-bond acceptors (Lipinski definition) is 8. The number of benzene rings is 13. The molecule has 10 heteroatoms. The SMILES string of the molecule is c1ccc(N(c2ccccc2)c2cc3c4c(c2)N(c2ccccc2)c2cc5c(cc2B4c2ccccc2O3)B2c3ccc4c(c3Oc3cc(N(c6ccccc6)c6ccccc6)cc(c32)N5c2ccccc2)Oc2ccccc2N4c2ccccc2)cc1. The first-order chi connectivity index (χ1) is 43.7. The third-order valence-electron chi connectivity index (χ3n) is 17.8. The van der Waals surface area contributed by atoms with Gasteiger partial charge in [0.1, 0.15) is 17.2 Å². The molecule has 5 aliphatic rings. The van der Waals surface area contributed by atoms with Gasteiger partial charge in [0.25, 0.3) is 13.4 Å². The number of fused-ring (bicyclic) bond motifs is 11. The van der Waals surface area contributed by atoms with Crippen LogP contribution in [0.2, 0.25) is 0 Å². The second kappa shape index (κ2) is 20.0. The molecular formula is C78H51B2N5O3. The van der Waals surface area contributed by atoms with Gasteiger partial charge in [0, 0.05) is 74.7 Å². The van der Waals surface area contributed by atoms with E-state index in [1.54, 1.807) is 0 Å². The molecule has 0 N–H and O–H groups in total. The maximum atomic E-state index is 7.69. The molecule has 0 spiro atoms. The average Bonchev–Trinajstić information content (AvgIpc) is 0.711. The maximum Gasteiger partial charge on any atom is 0.256 e. The summed E-state index contributed by atoms with van der Waals surface area (Å²) in [5.74, 6) is 4.48. The summed E-state index contributed by atoms with van der Waals surface area (Å²) in [5, 5.41) is 0. The van der Waals surface area contributed by atoms with Crippen molar-refractivity contribution in [2.24, 2.45) is 0 Å². The minimum absolute atomic E-state index is 0.216. The van der Waals surface area contributed by atoms with Gasteiger partial charge < -0.3 is 38.7 Å². The van der Waals surface area contributed by atoms with Gasteiger partial charge in [0.2, 0.25) is 0 Å². The Morgan fingerprint density at radius 1 is 0.227 bits per heavy atom. The molecule has 0 fully saturated rings. The molecule has 18 rings (SSSR count). The molecule has 0 saturated heterocycles. The number of para-hydroxylation sites is 10. The summed E-state index contributed by atoms with van der Waals surface area (Å²) in [6, 6.07) is 110. The minimum atomic E-state index is -0.324. The van der Waals surface area contributed by atoms with Crippen molar-refractivity contribution in [1.29, 1.82) is 0 Å². The van der Waals surface area contributed by atoms with Crippen molar-refractivity contribution in [3.63, 3.8) is 0 Å². The number of hydrogen-bond donors (Lipinski definition) is 0. The zero-order chi connectivity index (χ0) is 57.8. The lowest BCUT2D eigenvalue weighted by molar-refractivity contribution is 0.419. The lowest BCUT2D eigenvalue weighted by Gasteiger charge is -2.45. The fourth-order valence-corrected chi connectivity index (χ4v) is 14.2. The van der Waals surface area contributed by atoms with Crippen molar-refractivity contribution < 1.29 is 14.2 Å². The summed E-state index contributed by atoms with van der Waals surface area (Å²) in [6.45, 7) is -0.540. The second-order valence-electron chi connectivity index (χ2n) is 22.8. The van der Waals surface area contributed by atoms with Crippen LogP contribution in [0.4, 0.5) is 85.3 Å². The molecule has 8 nitrogen and oxygen atoms in total. The molecule has 88 heavy (non-hydrogen) atoms. The van der Waals surface area contributed by atoms with E-state index in [0.717, 1.165) is 136 Å². The molecule has 0 aliphatic carbocycles. The van der Waals surface area contributed by atoms with Crippen molar-refractivity contribution in [3.05, 3.63) is 309 Å².